The van der Waals surface area contributed by atoms with Crippen LogP contribution in [0.4, 0.5) is 10.2 Å². The summed E-state index contributed by atoms with van der Waals surface area (Å²) in [4.78, 5) is 29.5. The summed E-state index contributed by atoms with van der Waals surface area (Å²) in [5.41, 5.74) is 3.91. The number of para-hydroxylation sites is 1. The van der Waals surface area contributed by atoms with Crippen molar-refractivity contribution < 1.29 is 9.18 Å². The number of amides is 1. The van der Waals surface area contributed by atoms with Crippen LogP contribution in [0, 0.1) is 5.82 Å². The van der Waals surface area contributed by atoms with Crippen LogP contribution in [0.3, 0.4) is 0 Å². The van der Waals surface area contributed by atoms with Crippen molar-refractivity contribution >= 4 is 28.3 Å². The Hall–Kier alpha value is -4.47. The predicted molar refractivity (Wildman–Crippen MR) is 126 cm³/mol. The van der Waals surface area contributed by atoms with Crippen LogP contribution in [-0.2, 0) is 0 Å². The fourth-order valence-corrected chi connectivity index (χ4v) is 3.89. The van der Waals surface area contributed by atoms with Crippen molar-refractivity contribution in [2.45, 2.75) is 12.8 Å². The lowest BCUT2D eigenvalue weighted by Gasteiger charge is -2.16. The minimum Gasteiger partial charge on any atom is -0.369 e. The van der Waals surface area contributed by atoms with E-state index in [0.717, 1.165) is 22.7 Å². The molecule has 0 fully saturated rings. The summed E-state index contributed by atoms with van der Waals surface area (Å²) in [6.45, 7) is 2.67. The Bertz CT molecular complexity index is 1520. The minimum atomic E-state index is -0.476. The molecule has 9 nitrogen and oxygen atoms in total. The zero-order valence-corrected chi connectivity index (χ0v) is 18.5. The number of benzene rings is 1. The normalized spacial score (nSPS) is 12.1. The molecule has 0 radical (unpaired) electrons. The van der Waals surface area contributed by atoms with Gasteiger partial charge in [-0.1, -0.05) is 25.1 Å². The smallest absolute Gasteiger partial charge is 0.251 e. The van der Waals surface area contributed by atoms with Crippen molar-refractivity contribution in [3.05, 3.63) is 78.4 Å². The van der Waals surface area contributed by atoms with E-state index in [1.165, 1.54) is 10.8 Å². The van der Waals surface area contributed by atoms with Crippen molar-refractivity contribution in [1.82, 2.24) is 34.9 Å². The average Bonchev–Trinajstić information content (AvgIpc) is 3.26. The second kappa shape index (κ2) is 8.81. The first-order chi connectivity index (χ1) is 16.5. The Balaban J connectivity index is 1.37. The molecule has 10 heteroatoms. The highest BCUT2D eigenvalue weighted by molar-refractivity contribution is 6.06. The molecule has 4 heterocycles. The number of nitrogens with zero attached hydrogens (tertiary/aromatic N) is 6. The Morgan fingerprint density at radius 1 is 1.15 bits per heavy atom. The monoisotopic (exact) mass is 456 g/mol. The molecule has 34 heavy (non-hydrogen) atoms. The summed E-state index contributed by atoms with van der Waals surface area (Å²) in [6.07, 6.45) is 7.47. The molecule has 0 aliphatic carbocycles. The van der Waals surface area contributed by atoms with E-state index in [0.29, 0.717) is 29.2 Å². The summed E-state index contributed by atoms with van der Waals surface area (Å²) in [7, 11) is 1.61. The van der Waals surface area contributed by atoms with E-state index < -0.39 is 5.82 Å². The highest BCUT2D eigenvalue weighted by atomic mass is 19.1. The van der Waals surface area contributed by atoms with E-state index in [9.17, 15) is 9.18 Å². The van der Waals surface area contributed by atoms with E-state index in [2.05, 4.69) is 42.6 Å². The third-order valence-corrected chi connectivity index (χ3v) is 5.67. The quantitative estimate of drug-likeness (QED) is 0.403. The zero-order valence-electron chi connectivity index (χ0n) is 18.5. The fraction of sp³-hybridized carbons (Fsp3) is 0.167. The molecule has 1 aromatic carbocycles. The number of carbonyl (C=O) groups excluding carboxylic acids is 1. The highest BCUT2D eigenvalue weighted by Gasteiger charge is 2.15. The average molecular weight is 456 g/mol. The maximum absolute atomic E-state index is 13.6. The summed E-state index contributed by atoms with van der Waals surface area (Å²) in [5.74, 6) is 0.104. The molecule has 0 aliphatic heterocycles. The van der Waals surface area contributed by atoms with Crippen molar-refractivity contribution in [3.63, 3.8) is 0 Å². The molecule has 5 rings (SSSR count). The fourth-order valence-electron chi connectivity index (χ4n) is 3.89. The Kier molecular flexibility index (Phi) is 5.54. The van der Waals surface area contributed by atoms with Gasteiger partial charge in [-0.15, -0.1) is 0 Å². The first kappa shape index (κ1) is 21.4. The van der Waals surface area contributed by atoms with E-state index in [1.54, 1.807) is 37.8 Å². The lowest BCUT2D eigenvalue weighted by Crippen LogP contribution is -2.18. The van der Waals surface area contributed by atoms with Gasteiger partial charge in [-0.2, -0.15) is 5.10 Å². The predicted octanol–water partition coefficient (Wildman–Crippen LogP) is 3.45. The Labute approximate surface area is 194 Å². The van der Waals surface area contributed by atoms with Crippen LogP contribution in [0.25, 0.3) is 27.8 Å². The number of nitrogens with one attached hydrogen (secondary N) is 2. The van der Waals surface area contributed by atoms with Crippen LogP contribution in [0.5, 0.6) is 0 Å². The molecule has 5 aromatic rings. The molecule has 0 saturated carbocycles. The van der Waals surface area contributed by atoms with Crippen LogP contribution in [0.2, 0.25) is 0 Å². The summed E-state index contributed by atoms with van der Waals surface area (Å²) < 4.78 is 15.0. The lowest BCUT2D eigenvalue weighted by molar-refractivity contribution is 0.0964. The summed E-state index contributed by atoms with van der Waals surface area (Å²) in [6, 6.07) is 9.39. The van der Waals surface area contributed by atoms with Crippen LogP contribution in [0.15, 0.2) is 61.4 Å². The van der Waals surface area contributed by atoms with Gasteiger partial charge >= 0.3 is 0 Å². The van der Waals surface area contributed by atoms with Crippen molar-refractivity contribution in [3.8, 4) is 11.3 Å². The second-order valence-corrected chi connectivity index (χ2v) is 7.85. The number of aromatic nitrogens is 6. The third-order valence-electron chi connectivity index (χ3n) is 5.67. The van der Waals surface area contributed by atoms with Gasteiger partial charge in [0.05, 0.1) is 23.0 Å². The van der Waals surface area contributed by atoms with Gasteiger partial charge in [-0.25, -0.2) is 23.9 Å². The van der Waals surface area contributed by atoms with Gasteiger partial charge in [0.1, 0.15) is 12.1 Å². The van der Waals surface area contributed by atoms with Crippen molar-refractivity contribution in [1.29, 1.82) is 0 Å². The van der Waals surface area contributed by atoms with Crippen molar-refractivity contribution in [2.75, 3.05) is 18.9 Å². The third kappa shape index (κ3) is 3.90. The van der Waals surface area contributed by atoms with Gasteiger partial charge in [0.2, 0.25) is 0 Å². The minimum absolute atomic E-state index is 0.0830. The van der Waals surface area contributed by atoms with Gasteiger partial charge in [-0.05, 0) is 11.6 Å². The van der Waals surface area contributed by atoms with E-state index in [-0.39, 0.29) is 17.5 Å². The standard InChI is InChI=1S/C24H21FN8O/c1-14(16-4-3-5-17-18(24(34)26-2)6-7-27-22(16)17)9-28-21-8-20(30-13-31-21)15-10-29-23-19(25)11-32-33(23)12-15/h3-8,10-14H,9H2,1-2H3,(H,26,34)(H,28,30,31)/t14-/m0/s1. The van der Waals surface area contributed by atoms with Gasteiger partial charge in [0.25, 0.3) is 5.91 Å². The number of anilines is 1. The topological polar surface area (TPSA) is 110 Å². The molecule has 0 bridgehead atoms. The molecular weight excluding hydrogens is 435 g/mol. The molecule has 170 valence electrons. The molecule has 4 aromatic heterocycles. The van der Waals surface area contributed by atoms with Crippen LogP contribution >= 0.6 is 0 Å². The molecule has 0 saturated heterocycles. The number of rotatable bonds is 6. The Morgan fingerprint density at radius 2 is 2.03 bits per heavy atom. The van der Waals surface area contributed by atoms with Crippen LogP contribution in [-0.4, -0.2) is 49.0 Å². The van der Waals surface area contributed by atoms with E-state index in [1.807, 2.05) is 18.2 Å². The maximum Gasteiger partial charge on any atom is 0.251 e. The summed E-state index contributed by atoms with van der Waals surface area (Å²) >= 11 is 0. The van der Waals surface area contributed by atoms with E-state index in [4.69, 9.17) is 0 Å². The van der Waals surface area contributed by atoms with Crippen molar-refractivity contribution in [2.24, 2.45) is 0 Å². The zero-order chi connectivity index (χ0) is 23.7. The molecule has 0 unspecified atom stereocenters. The second-order valence-electron chi connectivity index (χ2n) is 7.85. The first-order valence-corrected chi connectivity index (χ1v) is 10.7. The maximum atomic E-state index is 13.6. The molecule has 1 amide bonds. The molecular formula is C24H21FN8O. The lowest BCUT2D eigenvalue weighted by atomic mass is 9.96. The van der Waals surface area contributed by atoms with Crippen LogP contribution < -0.4 is 10.6 Å². The molecule has 2 N–H and O–H groups in total. The molecule has 1 atom stereocenters. The number of halogens is 1. The first-order valence-electron chi connectivity index (χ1n) is 10.7. The van der Waals surface area contributed by atoms with Gasteiger partial charge in [0.15, 0.2) is 11.5 Å². The van der Waals surface area contributed by atoms with Crippen LogP contribution in [0.1, 0.15) is 28.8 Å². The van der Waals surface area contributed by atoms with E-state index >= 15 is 0 Å². The number of carbonyl (C=O) groups is 1. The number of pyridine rings is 1. The number of hydrogen-bond donors (Lipinski definition) is 2. The number of fused-ring (bicyclic) bond motifs is 2. The Morgan fingerprint density at radius 3 is 2.88 bits per heavy atom. The number of hydrogen-bond acceptors (Lipinski definition) is 7. The van der Waals surface area contributed by atoms with Gasteiger partial charge in [0, 0.05) is 55.1 Å². The SMILES string of the molecule is CNC(=O)c1ccnc2c([C@@H](C)CNc3cc(-c4cnc5c(F)cnn5c4)ncn3)cccc12. The largest absolute Gasteiger partial charge is 0.369 e. The molecule has 0 aliphatic rings. The van der Waals surface area contributed by atoms with Gasteiger partial charge < -0.3 is 10.6 Å². The molecule has 0 spiro atoms. The summed E-state index contributed by atoms with van der Waals surface area (Å²) in [5, 5.41) is 10.8. The highest BCUT2D eigenvalue weighted by Crippen LogP contribution is 2.27. The van der Waals surface area contributed by atoms with Gasteiger partial charge in [-0.3, -0.25) is 9.78 Å².